The van der Waals surface area contributed by atoms with E-state index in [9.17, 15) is 0 Å². The number of nitrogens with two attached hydrogens (primary N) is 1. The van der Waals surface area contributed by atoms with Crippen LogP contribution in [0.1, 0.15) is 30.7 Å². The minimum absolute atomic E-state index is 0. The van der Waals surface area contributed by atoms with Crippen LogP contribution in [0.5, 0.6) is 0 Å². The number of aliphatic imine (C=N–C) groups is 1. The van der Waals surface area contributed by atoms with Gasteiger partial charge in [-0.2, -0.15) is 0 Å². The summed E-state index contributed by atoms with van der Waals surface area (Å²) in [7, 11) is 0. The second-order valence-corrected chi connectivity index (χ2v) is 3.81. The molecule has 1 aromatic rings. The Labute approximate surface area is 97.0 Å². The van der Waals surface area contributed by atoms with Crippen molar-refractivity contribution in [2.75, 3.05) is 6.54 Å². The number of nitrogens with zero attached hydrogens (tertiary/aromatic N) is 1. The molecule has 0 saturated carbocycles. The molecule has 1 heterocycles. The molecule has 82 valence electrons. The third kappa shape index (κ3) is 3.24. The van der Waals surface area contributed by atoms with Crippen molar-refractivity contribution >= 4 is 18.2 Å². The van der Waals surface area contributed by atoms with Crippen LogP contribution in [0.2, 0.25) is 0 Å². The van der Waals surface area contributed by atoms with Crippen LogP contribution in [-0.2, 0) is 0 Å². The highest BCUT2D eigenvalue weighted by atomic mass is 35.5. The average molecular weight is 225 g/mol. The van der Waals surface area contributed by atoms with Gasteiger partial charge in [-0.3, -0.25) is 4.99 Å². The Morgan fingerprint density at radius 2 is 1.87 bits per heavy atom. The quantitative estimate of drug-likeness (QED) is 0.783. The third-order valence-electron chi connectivity index (χ3n) is 2.81. The van der Waals surface area contributed by atoms with Crippen LogP contribution in [0.15, 0.2) is 35.3 Å². The number of hydrogen-bond donors (Lipinski definition) is 1. The van der Waals surface area contributed by atoms with Gasteiger partial charge in [-0.25, -0.2) is 0 Å². The molecule has 1 aromatic carbocycles. The molecule has 0 spiro atoms. The van der Waals surface area contributed by atoms with Crippen molar-refractivity contribution in [3.05, 3.63) is 35.9 Å². The Kier molecular flexibility index (Phi) is 4.63. The SMILES string of the molecule is Cl.NC1=NCCC(c2ccccc2)CC1. The second kappa shape index (κ2) is 5.76. The highest BCUT2D eigenvalue weighted by Crippen LogP contribution is 2.26. The Bertz CT molecular complexity index is 322. The van der Waals surface area contributed by atoms with Crippen molar-refractivity contribution in [2.45, 2.75) is 25.2 Å². The van der Waals surface area contributed by atoms with Gasteiger partial charge in [-0.1, -0.05) is 30.3 Å². The fourth-order valence-electron chi connectivity index (χ4n) is 1.97. The van der Waals surface area contributed by atoms with E-state index in [1.807, 2.05) is 0 Å². The van der Waals surface area contributed by atoms with E-state index in [0.717, 1.165) is 31.6 Å². The molecule has 1 unspecified atom stereocenters. The molecule has 2 nitrogen and oxygen atoms in total. The fourth-order valence-corrected chi connectivity index (χ4v) is 1.97. The summed E-state index contributed by atoms with van der Waals surface area (Å²) in [6.07, 6.45) is 3.21. The maximum atomic E-state index is 5.73. The predicted octanol–water partition coefficient (Wildman–Crippen LogP) is 2.73. The van der Waals surface area contributed by atoms with E-state index < -0.39 is 0 Å². The molecule has 0 bridgehead atoms. The highest BCUT2D eigenvalue weighted by Gasteiger charge is 2.14. The van der Waals surface area contributed by atoms with E-state index in [1.165, 1.54) is 5.56 Å². The van der Waals surface area contributed by atoms with Crippen LogP contribution in [0, 0.1) is 0 Å². The summed E-state index contributed by atoms with van der Waals surface area (Å²) in [6, 6.07) is 10.7. The average Bonchev–Trinajstić information content (AvgIpc) is 2.44. The van der Waals surface area contributed by atoms with Gasteiger partial charge in [0.1, 0.15) is 0 Å². The minimum atomic E-state index is 0. The number of rotatable bonds is 1. The molecule has 2 rings (SSSR count). The minimum Gasteiger partial charge on any atom is -0.387 e. The Hall–Kier alpha value is -1.02. The molecule has 0 aliphatic carbocycles. The second-order valence-electron chi connectivity index (χ2n) is 3.81. The van der Waals surface area contributed by atoms with Crippen LogP contribution in [-0.4, -0.2) is 12.4 Å². The molecule has 0 saturated heterocycles. The lowest BCUT2D eigenvalue weighted by molar-refractivity contribution is 0.614. The van der Waals surface area contributed by atoms with E-state index in [1.54, 1.807) is 0 Å². The summed E-state index contributed by atoms with van der Waals surface area (Å²) < 4.78 is 0. The number of benzene rings is 1. The van der Waals surface area contributed by atoms with Gasteiger partial charge >= 0.3 is 0 Å². The summed E-state index contributed by atoms with van der Waals surface area (Å²) in [4.78, 5) is 4.29. The van der Waals surface area contributed by atoms with Crippen LogP contribution in [0.25, 0.3) is 0 Å². The zero-order valence-electron chi connectivity index (χ0n) is 8.73. The van der Waals surface area contributed by atoms with Gasteiger partial charge in [0.15, 0.2) is 0 Å². The Balaban J connectivity index is 0.00000112. The summed E-state index contributed by atoms with van der Waals surface area (Å²) in [6.45, 7) is 0.880. The fraction of sp³-hybridized carbons (Fsp3) is 0.417. The van der Waals surface area contributed by atoms with Crippen molar-refractivity contribution < 1.29 is 0 Å². The van der Waals surface area contributed by atoms with Crippen LogP contribution in [0.3, 0.4) is 0 Å². The lowest BCUT2D eigenvalue weighted by Gasteiger charge is -2.13. The Morgan fingerprint density at radius 1 is 1.13 bits per heavy atom. The summed E-state index contributed by atoms with van der Waals surface area (Å²) in [5, 5.41) is 0. The summed E-state index contributed by atoms with van der Waals surface area (Å²) in [5.74, 6) is 1.46. The lowest BCUT2D eigenvalue weighted by atomic mass is 9.92. The first-order valence-corrected chi connectivity index (χ1v) is 5.20. The van der Waals surface area contributed by atoms with Crippen LogP contribution >= 0.6 is 12.4 Å². The zero-order chi connectivity index (χ0) is 9.80. The van der Waals surface area contributed by atoms with Crippen molar-refractivity contribution in [3.8, 4) is 0 Å². The maximum absolute atomic E-state index is 5.73. The van der Waals surface area contributed by atoms with E-state index >= 15 is 0 Å². The molecular formula is C12H17ClN2. The predicted molar refractivity (Wildman–Crippen MR) is 66.8 cm³/mol. The lowest BCUT2D eigenvalue weighted by Crippen LogP contribution is -2.10. The maximum Gasteiger partial charge on any atom is 0.0937 e. The van der Waals surface area contributed by atoms with E-state index in [4.69, 9.17) is 5.73 Å². The number of amidine groups is 1. The van der Waals surface area contributed by atoms with Gasteiger partial charge in [0.05, 0.1) is 5.84 Å². The number of halogens is 1. The first-order valence-electron chi connectivity index (χ1n) is 5.20. The largest absolute Gasteiger partial charge is 0.387 e. The van der Waals surface area contributed by atoms with Gasteiger partial charge in [-0.05, 0) is 24.3 Å². The number of hydrogen-bond acceptors (Lipinski definition) is 2. The Morgan fingerprint density at radius 3 is 2.60 bits per heavy atom. The van der Waals surface area contributed by atoms with E-state index in [-0.39, 0.29) is 12.4 Å². The van der Waals surface area contributed by atoms with Crippen LogP contribution in [0.4, 0.5) is 0 Å². The normalized spacial score (nSPS) is 21.1. The van der Waals surface area contributed by atoms with E-state index in [2.05, 4.69) is 35.3 Å². The van der Waals surface area contributed by atoms with Gasteiger partial charge in [0.2, 0.25) is 0 Å². The highest BCUT2D eigenvalue weighted by molar-refractivity contribution is 5.85. The zero-order valence-corrected chi connectivity index (χ0v) is 9.54. The van der Waals surface area contributed by atoms with Crippen molar-refractivity contribution in [2.24, 2.45) is 10.7 Å². The molecule has 1 aliphatic heterocycles. The van der Waals surface area contributed by atoms with Crippen molar-refractivity contribution in [1.82, 2.24) is 0 Å². The molecule has 0 amide bonds. The molecule has 0 radical (unpaired) electrons. The molecule has 3 heteroatoms. The first-order chi connectivity index (χ1) is 6.86. The summed E-state index contributed by atoms with van der Waals surface area (Å²) in [5.41, 5.74) is 7.15. The molecule has 0 aromatic heterocycles. The standard InChI is InChI=1S/C12H16N2.ClH/c13-12-7-6-11(8-9-14-12)10-4-2-1-3-5-10;/h1-5,11H,6-9H2,(H2,13,14);1H. The van der Waals surface area contributed by atoms with Gasteiger partial charge in [0.25, 0.3) is 0 Å². The molecule has 0 fully saturated rings. The smallest absolute Gasteiger partial charge is 0.0937 e. The first kappa shape index (κ1) is 12.1. The van der Waals surface area contributed by atoms with E-state index in [0.29, 0.717) is 5.92 Å². The monoisotopic (exact) mass is 224 g/mol. The van der Waals surface area contributed by atoms with Gasteiger partial charge in [-0.15, -0.1) is 12.4 Å². The summed E-state index contributed by atoms with van der Waals surface area (Å²) >= 11 is 0. The molecular weight excluding hydrogens is 208 g/mol. The third-order valence-corrected chi connectivity index (χ3v) is 2.81. The van der Waals surface area contributed by atoms with Crippen LogP contribution < -0.4 is 5.73 Å². The molecule has 1 atom stereocenters. The topological polar surface area (TPSA) is 38.4 Å². The molecule has 2 N–H and O–H groups in total. The van der Waals surface area contributed by atoms with Gasteiger partial charge in [0, 0.05) is 13.0 Å². The molecule has 1 aliphatic rings. The van der Waals surface area contributed by atoms with Gasteiger partial charge < -0.3 is 5.73 Å². The van der Waals surface area contributed by atoms with Crippen molar-refractivity contribution in [1.29, 1.82) is 0 Å². The molecule has 15 heavy (non-hydrogen) atoms. The van der Waals surface area contributed by atoms with Crippen molar-refractivity contribution in [3.63, 3.8) is 0 Å².